The number of thiophene rings is 2. The summed E-state index contributed by atoms with van der Waals surface area (Å²) < 4.78 is 6.20. The number of fused-ring (bicyclic) bond motifs is 1. The standard InChI is InChI=1S/C21H21NO4S2/c1-3-26-21(25)19(22-13(2)23)20(24)18-11-10-15(28-18)9-8-14-12-27-17-7-5-4-6-16(14)17/h4-12,19-20,24H,3H2,1-2H3,(H,22,23)/b9-8+. The van der Waals surface area contributed by atoms with Crippen molar-refractivity contribution in [3.05, 3.63) is 57.1 Å². The van der Waals surface area contributed by atoms with Gasteiger partial charge >= 0.3 is 5.97 Å². The van der Waals surface area contributed by atoms with Crippen LogP contribution in [0.25, 0.3) is 22.2 Å². The van der Waals surface area contributed by atoms with Gasteiger partial charge in [0, 0.05) is 21.4 Å². The number of amides is 1. The van der Waals surface area contributed by atoms with Gasteiger partial charge in [0.1, 0.15) is 6.10 Å². The lowest BCUT2D eigenvalue weighted by Gasteiger charge is -2.20. The van der Waals surface area contributed by atoms with E-state index in [1.807, 2.05) is 30.4 Å². The fourth-order valence-corrected chi connectivity index (χ4v) is 4.67. The number of aliphatic hydroxyl groups is 1. The molecule has 2 heterocycles. The number of benzene rings is 1. The van der Waals surface area contributed by atoms with E-state index < -0.39 is 24.0 Å². The number of carbonyl (C=O) groups excluding carboxylic acids is 2. The van der Waals surface area contributed by atoms with Gasteiger partial charge in [0.15, 0.2) is 6.04 Å². The molecule has 3 aromatic rings. The van der Waals surface area contributed by atoms with Crippen molar-refractivity contribution in [1.29, 1.82) is 0 Å². The lowest BCUT2D eigenvalue weighted by Crippen LogP contribution is -2.44. The van der Waals surface area contributed by atoms with Crippen LogP contribution in [0.1, 0.15) is 35.3 Å². The zero-order chi connectivity index (χ0) is 20.1. The minimum atomic E-state index is -1.17. The fourth-order valence-electron chi connectivity index (χ4n) is 2.80. The Bertz CT molecular complexity index is 1000. The highest BCUT2D eigenvalue weighted by Gasteiger charge is 2.31. The molecule has 0 bridgehead atoms. The Labute approximate surface area is 171 Å². The smallest absolute Gasteiger partial charge is 0.331 e. The van der Waals surface area contributed by atoms with Gasteiger partial charge < -0.3 is 15.2 Å². The van der Waals surface area contributed by atoms with E-state index in [-0.39, 0.29) is 6.61 Å². The number of carbonyl (C=O) groups is 2. The highest BCUT2D eigenvalue weighted by Crippen LogP contribution is 2.30. The largest absolute Gasteiger partial charge is 0.464 e. The maximum atomic E-state index is 12.1. The fraction of sp³-hybridized carbons (Fsp3) is 0.238. The minimum Gasteiger partial charge on any atom is -0.464 e. The van der Waals surface area contributed by atoms with Crippen LogP contribution in [-0.2, 0) is 14.3 Å². The number of aliphatic hydroxyl groups excluding tert-OH is 1. The summed E-state index contributed by atoms with van der Waals surface area (Å²) in [6.07, 6.45) is 2.85. The molecule has 0 spiro atoms. The molecule has 0 aliphatic rings. The Kier molecular flexibility index (Phi) is 6.61. The average molecular weight is 416 g/mol. The Morgan fingerprint density at radius 2 is 2.00 bits per heavy atom. The second-order valence-corrected chi connectivity index (χ2v) is 8.19. The van der Waals surface area contributed by atoms with Gasteiger partial charge in [0.25, 0.3) is 0 Å². The zero-order valence-corrected chi connectivity index (χ0v) is 17.2. The summed E-state index contributed by atoms with van der Waals surface area (Å²) in [7, 11) is 0. The molecule has 1 aromatic carbocycles. The van der Waals surface area contributed by atoms with E-state index in [1.54, 1.807) is 24.3 Å². The normalized spacial score (nSPS) is 13.5. The number of hydrogen-bond donors (Lipinski definition) is 2. The number of rotatable bonds is 7. The van der Waals surface area contributed by atoms with Crippen molar-refractivity contribution in [3.8, 4) is 0 Å². The van der Waals surface area contributed by atoms with Crippen LogP contribution >= 0.6 is 22.7 Å². The molecule has 7 heteroatoms. The van der Waals surface area contributed by atoms with Gasteiger partial charge in [0.2, 0.25) is 5.91 Å². The van der Waals surface area contributed by atoms with Crippen LogP contribution in [-0.4, -0.2) is 29.6 Å². The monoisotopic (exact) mass is 415 g/mol. The van der Waals surface area contributed by atoms with Crippen LogP contribution in [0.2, 0.25) is 0 Å². The molecule has 2 N–H and O–H groups in total. The second kappa shape index (κ2) is 9.14. The van der Waals surface area contributed by atoms with Crippen molar-refractivity contribution in [3.63, 3.8) is 0 Å². The molecule has 0 radical (unpaired) electrons. The van der Waals surface area contributed by atoms with Crippen molar-refractivity contribution < 1.29 is 19.4 Å². The van der Waals surface area contributed by atoms with Crippen LogP contribution in [0.4, 0.5) is 0 Å². The number of ether oxygens (including phenoxy) is 1. The van der Waals surface area contributed by atoms with E-state index in [0.29, 0.717) is 4.88 Å². The van der Waals surface area contributed by atoms with Crippen LogP contribution in [0.5, 0.6) is 0 Å². The molecular formula is C21H21NO4S2. The topological polar surface area (TPSA) is 75.6 Å². The van der Waals surface area contributed by atoms with E-state index >= 15 is 0 Å². The molecule has 1 amide bonds. The molecule has 2 aromatic heterocycles. The molecule has 28 heavy (non-hydrogen) atoms. The molecule has 5 nitrogen and oxygen atoms in total. The van der Waals surface area contributed by atoms with Gasteiger partial charge in [-0.15, -0.1) is 22.7 Å². The summed E-state index contributed by atoms with van der Waals surface area (Å²) in [5.41, 5.74) is 1.14. The summed E-state index contributed by atoms with van der Waals surface area (Å²) in [5.74, 6) is -1.06. The van der Waals surface area contributed by atoms with Crippen molar-refractivity contribution >= 4 is 56.8 Å². The van der Waals surface area contributed by atoms with Crippen molar-refractivity contribution in [1.82, 2.24) is 5.32 Å². The third-order valence-electron chi connectivity index (χ3n) is 4.09. The quantitative estimate of drug-likeness (QED) is 0.566. The van der Waals surface area contributed by atoms with E-state index in [2.05, 4.69) is 22.8 Å². The van der Waals surface area contributed by atoms with E-state index in [9.17, 15) is 14.7 Å². The Balaban J connectivity index is 1.78. The van der Waals surface area contributed by atoms with Gasteiger partial charge in [-0.1, -0.05) is 24.3 Å². The van der Waals surface area contributed by atoms with Gasteiger partial charge in [-0.2, -0.15) is 0 Å². The van der Waals surface area contributed by atoms with E-state index in [1.165, 1.54) is 28.3 Å². The van der Waals surface area contributed by atoms with Crippen LogP contribution in [0, 0.1) is 0 Å². The predicted molar refractivity (Wildman–Crippen MR) is 114 cm³/mol. The molecule has 146 valence electrons. The third kappa shape index (κ3) is 4.67. The molecule has 0 aliphatic heterocycles. The summed E-state index contributed by atoms with van der Waals surface area (Å²) in [5, 5.41) is 16.4. The average Bonchev–Trinajstić information content (AvgIpc) is 3.31. The van der Waals surface area contributed by atoms with E-state index in [4.69, 9.17) is 4.74 Å². The molecule has 0 aliphatic carbocycles. The number of esters is 1. The molecule has 0 saturated carbocycles. The lowest BCUT2D eigenvalue weighted by atomic mass is 10.1. The third-order valence-corrected chi connectivity index (χ3v) is 6.20. The Morgan fingerprint density at radius 3 is 2.75 bits per heavy atom. The summed E-state index contributed by atoms with van der Waals surface area (Å²) in [6.45, 7) is 3.15. The minimum absolute atomic E-state index is 0.175. The molecule has 2 atom stereocenters. The van der Waals surface area contributed by atoms with Crippen LogP contribution in [0.15, 0.2) is 41.8 Å². The first-order valence-electron chi connectivity index (χ1n) is 8.85. The van der Waals surface area contributed by atoms with Crippen molar-refractivity contribution in [2.24, 2.45) is 0 Å². The molecule has 2 unspecified atom stereocenters. The highest BCUT2D eigenvalue weighted by atomic mass is 32.1. The Morgan fingerprint density at radius 1 is 1.21 bits per heavy atom. The maximum Gasteiger partial charge on any atom is 0.331 e. The van der Waals surface area contributed by atoms with Gasteiger partial charge in [-0.05, 0) is 47.5 Å². The first kappa shape index (κ1) is 20.3. The van der Waals surface area contributed by atoms with Crippen molar-refractivity contribution in [2.45, 2.75) is 26.0 Å². The highest BCUT2D eigenvalue weighted by molar-refractivity contribution is 7.17. The Hall–Kier alpha value is -2.48. The second-order valence-electron chi connectivity index (χ2n) is 6.14. The van der Waals surface area contributed by atoms with E-state index in [0.717, 1.165) is 10.4 Å². The van der Waals surface area contributed by atoms with Gasteiger partial charge in [-0.3, -0.25) is 4.79 Å². The lowest BCUT2D eigenvalue weighted by molar-refractivity contribution is -0.150. The van der Waals surface area contributed by atoms with Gasteiger partial charge in [-0.25, -0.2) is 4.79 Å². The predicted octanol–water partition coefficient (Wildman–Crippen LogP) is 4.23. The zero-order valence-electron chi connectivity index (χ0n) is 15.5. The number of nitrogens with one attached hydrogen (secondary N) is 1. The van der Waals surface area contributed by atoms with Crippen molar-refractivity contribution in [2.75, 3.05) is 6.61 Å². The van der Waals surface area contributed by atoms with Crippen LogP contribution < -0.4 is 5.32 Å². The van der Waals surface area contributed by atoms with Gasteiger partial charge in [0.05, 0.1) is 6.61 Å². The summed E-state index contributed by atoms with van der Waals surface area (Å²) in [6, 6.07) is 10.7. The maximum absolute atomic E-state index is 12.1. The first-order valence-corrected chi connectivity index (χ1v) is 10.5. The first-order chi connectivity index (χ1) is 13.5. The summed E-state index contributed by atoms with van der Waals surface area (Å²) in [4.78, 5) is 25.0. The molecule has 0 saturated heterocycles. The molecule has 3 rings (SSSR count). The molecular weight excluding hydrogens is 394 g/mol. The SMILES string of the molecule is CCOC(=O)C(NC(C)=O)C(O)c1ccc(/C=C/c2csc3ccccc23)s1. The molecule has 0 fully saturated rings. The number of hydrogen-bond acceptors (Lipinski definition) is 6. The summed E-state index contributed by atoms with van der Waals surface area (Å²) >= 11 is 3.06. The van der Waals surface area contributed by atoms with Crippen LogP contribution in [0.3, 0.4) is 0 Å².